The fourth-order valence-corrected chi connectivity index (χ4v) is 18.7. The van der Waals surface area contributed by atoms with Crippen molar-refractivity contribution in [3.63, 3.8) is 0 Å². The average molecular weight is 1340 g/mol. The van der Waals surface area contributed by atoms with Crippen LogP contribution < -0.4 is 0 Å². The Labute approximate surface area is 540 Å². The van der Waals surface area contributed by atoms with Gasteiger partial charge in [-0.2, -0.15) is 0 Å². The molecule has 5 aliphatic carbocycles. The summed E-state index contributed by atoms with van der Waals surface area (Å²) in [7, 11) is 0. The zero-order chi connectivity index (χ0) is 67.7. The first-order valence-electron chi connectivity index (χ1n) is 33.4. The Morgan fingerprint density at radius 1 is 0.516 bits per heavy atom. The largest absolute Gasteiger partial charge is 0.432 e. The van der Waals surface area contributed by atoms with Gasteiger partial charge in [0, 0.05) is 0 Å². The van der Waals surface area contributed by atoms with E-state index in [2.05, 4.69) is 54.5 Å². The molecule has 16 N–H and O–H groups in total. The maximum atomic E-state index is 15.3. The van der Waals surface area contributed by atoms with E-state index in [0.717, 1.165) is 25.7 Å². The topological polar surface area (TPSA) is 452 Å². The summed E-state index contributed by atoms with van der Waals surface area (Å²) in [5.41, 5.74) is -1.47. The van der Waals surface area contributed by atoms with Gasteiger partial charge in [-0.15, -0.1) is 0 Å². The Morgan fingerprint density at radius 3 is 1.73 bits per heavy atom. The SMILES string of the molecule is C[C@@H]1O[C@@H](O[C@H]2[C@H](O[C@H]3CC[C@]4(C)[C@H]5CC=C6[C@@H]7CC(C)(C)CC[C@]7(C(=O)O[C@@H]7O[C@H](CO[C@@H]8O[C@H](CO)[C@@H](O[C@@H]9O[C@@H](C)[C@H](O)[C@@H](O)[C@H]9O)[C@H](O)[C@H]8O)[C@@H](O)[C@H](O)[C@H]7O)CC[C@@]6(C)[C@]5(C)CC[C@H]4C3(C)C)OC[C@H](O[C@@H]3OC[C@@H](O)[C@H](O)[C@H]3O)[C@@H]2O)[C@H](O)[C@H](O)[C@H]1O. The molecule has 0 bridgehead atoms. The number of hydrogen-bond donors (Lipinski definition) is 16. The van der Waals surface area contributed by atoms with Gasteiger partial charge >= 0.3 is 5.97 Å². The Morgan fingerprint density at radius 2 is 1.09 bits per heavy atom. The number of carbonyl (C=O) groups excluding carboxylic acids is 1. The van der Waals surface area contributed by atoms with Crippen LogP contribution in [0.5, 0.6) is 0 Å². The van der Waals surface area contributed by atoms with Crippen LogP contribution in [0.2, 0.25) is 0 Å². The number of aliphatic hydroxyl groups excluding tert-OH is 16. The third-order valence-electron chi connectivity index (χ3n) is 24.8. The van der Waals surface area contributed by atoms with Crippen molar-refractivity contribution >= 4 is 5.97 Å². The van der Waals surface area contributed by atoms with Crippen LogP contribution >= 0.6 is 0 Å². The fraction of sp³-hybridized carbons (Fsp3) is 0.953. The molecule has 6 aliphatic heterocycles. The molecule has 534 valence electrons. The Bertz CT molecular complexity index is 2620. The average Bonchev–Trinajstić information content (AvgIpc) is 0.677. The number of hydrogen-bond acceptors (Lipinski definition) is 29. The smallest absolute Gasteiger partial charge is 0.315 e. The summed E-state index contributed by atoms with van der Waals surface area (Å²) in [6, 6.07) is 0. The maximum absolute atomic E-state index is 15.3. The molecule has 6 saturated heterocycles. The van der Waals surface area contributed by atoms with Crippen LogP contribution in [0.15, 0.2) is 11.6 Å². The molecule has 6 heterocycles. The molecular weight excluding hydrogens is 1230 g/mol. The van der Waals surface area contributed by atoms with Gasteiger partial charge in [0.1, 0.15) is 122 Å². The molecule has 0 unspecified atom stereocenters. The van der Waals surface area contributed by atoms with Crippen LogP contribution in [0, 0.1) is 50.2 Å². The lowest BCUT2D eigenvalue weighted by Gasteiger charge is -2.71. The van der Waals surface area contributed by atoms with Crippen molar-refractivity contribution in [3.05, 3.63) is 11.6 Å². The van der Waals surface area contributed by atoms with Crippen molar-refractivity contribution in [1.82, 2.24) is 0 Å². The Kier molecular flexibility index (Phi) is 20.9. The highest BCUT2D eigenvalue weighted by atomic mass is 16.8. The van der Waals surface area contributed by atoms with E-state index in [1.165, 1.54) is 19.4 Å². The highest BCUT2D eigenvalue weighted by molar-refractivity contribution is 5.79. The second kappa shape index (κ2) is 26.9. The first kappa shape index (κ1) is 72.4. The Hall–Kier alpha value is -1.87. The summed E-state index contributed by atoms with van der Waals surface area (Å²) < 4.78 is 71.9. The molecule has 0 aromatic heterocycles. The zero-order valence-electron chi connectivity index (χ0n) is 54.4. The minimum Gasteiger partial charge on any atom is -0.432 e. The monoisotopic (exact) mass is 1340 g/mol. The van der Waals surface area contributed by atoms with Crippen molar-refractivity contribution in [3.8, 4) is 0 Å². The van der Waals surface area contributed by atoms with Gasteiger partial charge in [0.2, 0.25) is 6.29 Å². The third kappa shape index (κ3) is 12.6. The minimum absolute atomic E-state index is 0.0971. The number of rotatable bonds is 14. The van der Waals surface area contributed by atoms with E-state index in [0.29, 0.717) is 38.5 Å². The summed E-state index contributed by atoms with van der Waals surface area (Å²) >= 11 is 0. The highest BCUT2D eigenvalue weighted by Crippen LogP contribution is 2.76. The van der Waals surface area contributed by atoms with Crippen molar-refractivity contribution in [2.24, 2.45) is 50.2 Å². The lowest BCUT2D eigenvalue weighted by Crippen LogP contribution is -2.66. The van der Waals surface area contributed by atoms with Crippen LogP contribution in [0.4, 0.5) is 0 Å². The molecule has 4 saturated carbocycles. The zero-order valence-corrected chi connectivity index (χ0v) is 54.4. The number of esters is 1. The van der Waals surface area contributed by atoms with Crippen molar-refractivity contribution in [2.75, 3.05) is 26.4 Å². The molecule has 29 nitrogen and oxygen atoms in total. The van der Waals surface area contributed by atoms with Crippen LogP contribution in [-0.4, -0.2) is 292 Å². The fourth-order valence-electron chi connectivity index (χ4n) is 18.7. The van der Waals surface area contributed by atoms with Gasteiger partial charge in [0.15, 0.2) is 31.5 Å². The normalized spacial score (nSPS) is 54.7. The predicted molar refractivity (Wildman–Crippen MR) is 313 cm³/mol. The molecule has 10 fully saturated rings. The second-order valence-electron chi connectivity index (χ2n) is 31.0. The molecule has 0 aromatic carbocycles. The van der Waals surface area contributed by atoms with Crippen LogP contribution in [0.1, 0.15) is 127 Å². The molecule has 0 amide bonds. The van der Waals surface area contributed by atoms with Crippen LogP contribution in [0.3, 0.4) is 0 Å². The summed E-state index contributed by atoms with van der Waals surface area (Å²) in [4.78, 5) is 15.3. The second-order valence-corrected chi connectivity index (χ2v) is 31.0. The summed E-state index contributed by atoms with van der Waals surface area (Å²) in [6.45, 7) is 16.7. The first-order chi connectivity index (χ1) is 43.5. The molecule has 0 spiro atoms. The van der Waals surface area contributed by atoms with Crippen LogP contribution in [-0.2, 0) is 61.6 Å². The number of aliphatic hydroxyl groups is 16. The van der Waals surface area contributed by atoms with E-state index in [-0.39, 0.29) is 52.6 Å². The summed E-state index contributed by atoms with van der Waals surface area (Å²) in [5.74, 6) is -0.635. The molecule has 0 aromatic rings. The summed E-state index contributed by atoms with van der Waals surface area (Å²) in [5, 5.41) is 173. The van der Waals surface area contributed by atoms with Gasteiger partial charge in [-0.25, -0.2) is 0 Å². The van der Waals surface area contributed by atoms with Gasteiger partial charge in [-0.3, -0.25) is 4.79 Å². The van der Waals surface area contributed by atoms with E-state index in [1.54, 1.807) is 0 Å². The van der Waals surface area contributed by atoms with Gasteiger partial charge in [0.25, 0.3) is 0 Å². The predicted octanol–water partition coefficient (Wildman–Crippen LogP) is -3.05. The standard InChI is InChI=1S/C64H104O29/c1-25-36(67)41(72)46(77)54(85-25)91-50-30(21-65)87-53(49(80)44(50)75)83-23-31-39(70)43(74)48(79)56(89-31)93-58(81)64-18-16-59(3,4)20-28(64)27-10-11-34-61(7)14-13-35(60(5,6)33(61)12-15-63(34,9)62(27,8)17-19-64)90-57-51(92-55-47(78)42(73)37(68)26(2)86-55)40(71)32(24-84-57)88-52-45(76)38(69)29(66)22-82-52/h10,25-26,28-57,65-80H,11-24H2,1-9H3/t25-,26-,28-,29+,30+,31+,32-,33-,34+,35-,36-,37-,38-,39+,40-,41+,42+,43-,44+,45+,46+,47+,48+,49+,50+,51+,52-,53+,54-,55-,56-,57-,61-,62+,63+,64-/m0/s1. The molecule has 11 rings (SSSR count). The lowest BCUT2D eigenvalue weighted by molar-refractivity contribution is -0.377. The maximum Gasteiger partial charge on any atom is 0.315 e. The van der Waals surface area contributed by atoms with Crippen molar-refractivity contribution in [1.29, 1.82) is 0 Å². The minimum atomic E-state index is -1.91. The number of ether oxygens (including phenoxy) is 12. The first-order valence-corrected chi connectivity index (χ1v) is 33.4. The quantitative estimate of drug-likeness (QED) is 0.0467. The molecule has 11 aliphatic rings. The highest BCUT2D eigenvalue weighted by Gasteiger charge is 2.70. The Balaban J connectivity index is 0.777. The molecule has 36 atom stereocenters. The van der Waals surface area contributed by atoms with Gasteiger partial charge in [-0.1, -0.05) is 60.1 Å². The number of fused-ring (bicyclic) bond motifs is 7. The molecule has 0 radical (unpaired) electrons. The molecular formula is C64H104O29. The van der Waals surface area contributed by atoms with E-state index in [4.69, 9.17) is 56.8 Å². The molecule has 93 heavy (non-hydrogen) atoms. The van der Waals surface area contributed by atoms with E-state index < -0.39 is 208 Å². The number of carbonyl (C=O) groups is 1. The van der Waals surface area contributed by atoms with Crippen molar-refractivity contribution < 1.29 is 143 Å². The van der Waals surface area contributed by atoms with Crippen molar-refractivity contribution in [2.45, 2.75) is 305 Å². The third-order valence-corrected chi connectivity index (χ3v) is 24.8. The van der Waals surface area contributed by atoms with Gasteiger partial charge in [-0.05, 0) is 123 Å². The number of allylic oxidation sites excluding steroid dienone is 2. The van der Waals surface area contributed by atoms with Gasteiger partial charge in [0.05, 0.1) is 50.2 Å². The van der Waals surface area contributed by atoms with E-state index in [9.17, 15) is 81.7 Å². The molecule has 29 heteroatoms. The van der Waals surface area contributed by atoms with Gasteiger partial charge < -0.3 is 139 Å². The lowest BCUT2D eigenvalue weighted by atomic mass is 9.33. The van der Waals surface area contributed by atoms with E-state index >= 15 is 4.79 Å². The van der Waals surface area contributed by atoms with E-state index in [1.807, 2.05) is 0 Å². The van der Waals surface area contributed by atoms with Crippen LogP contribution in [0.25, 0.3) is 0 Å². The summed E-state index contributed by atoms with van der Waals surface area (Å²) in [6.07, 6.45) is -35.6.